The number of carbonyl (C=O) groups excluding carboxylic acids is 4. The van der Waals surface area contributed by atoms with Crippen molar-refractivity contribution in [3.63, 3.8) is 0 Å². The number of benzene rings is 2. The molecule has 38 heavy (non-hydrogen) atoms. The molecule has 0 bridgehead atoms. The van der Waals surface area contributed by atoms with Gasteiger partial charge in [0.25, 0.3) is 0 Å². The molecule has 0 saturated heterocycles. The Morgan fingerprint density at radius 1 is 0.763 bits per heavy atom. The topological polar surface area (TPSA) is 163 Å². The molecule has 2 rings (SSSR count). The van der Waals surface area contributed by atoms with Crippen LogP contribution in [0.4, 0.5) is 0 Å². The third kappa shape index (κ3) is 9.60. The highest BCUT2D eigenvalue weighted by Crippen LogP contribution is 2.07. The molecule has 7 N–H and O–H groups in total. The highest BCUT2D eigenvalue weighted by Gasteiger charge is 2.30. The van der Waals surface area contributed by atoms with Gasteiger partial charge >= 0.3 is 0 Å². The zero-order valence-corrected chi connectivity index (χ0v) is 22.1. The lowest BCUT2D eigenvalue weighted by atomic mass is 9.99. The van der Waals surface area contributed by atoms with Crippen LogP contribution in [0.3, 0.4) is 0 Å². The summed E-state index contributed by atoms with van der Waals surface area (Å²) >= 11 is 0. The SMILES string of the molecule is CC[C@H](C)[C@H](N)C(=O)N[C@@H](CO)C(=O)N[C@@H](Cc1ccccc1)C(=O)N[C@@H](C)C(=O)NCc1ccccc1. The molecule has 0 unspecified atom stereocenters. The van der Waals surface area contributed by atoms with Crippen LogP contribution in [0.5, 0.6) is 0 Å². The van der Waals surface area contributed by atoms with Crippen LogP contribution < -0.4 is 27.0 Å². The molecule has 0 aromatic heterocycles. The van der Waals surface area contributed by atoms with Gasteiger partial charge in [0.05, 0.1) is 12.6 Å². The van der Waals surface area contributed by atoms with E-state index in [1.165, 1.54) is 0 Å². The number of nitrogens with two attached hydrogens (primary N) is 1. The predicted molar refractivity (Wildman–Crippen MR) is 144 cm³/mol. The van der Waals surface area contributed by atoms with Crippen molar-refractivity contribution in [1.82, 2.24) is 21.3 Å². The van der Waals surface area contributed by atoms with E-state index < -0.39 is 48.5 Å². The molecule has 4 amide bonds. The van der Waals surface area contributed by atoms with Gasteiger partial charge in [0.15, 0.2) is 0 Å². The van der Waals surface area contributed by atoms with Crippen molar-refractivity contribution >= 4 is 23.6 Å². The fourth-order valence-corrected chi connectivity index (χ4v) is 3.62. The summed E-state index contributed by atoms with van der Waals surface area (Å²) in [7, 11) is 0. The van der Waals surface area contributed by atoms with Gasteiger partial charge in [-0.25, -0.2) is 0 Å². The first-order valence-electron chi connectivity index (χ1n) is 12.8. The van der Waals surface area contributed by atoms with Gasteiger partial charge in [-0.3, -0.25) is 19.2 Å². The number of amides is 4. The molecule has 0 aliphatic carbocycles. The fourth-order valence-electron chi connectivity index (χ4n) is 3.62. The van der Waals surface area contributed by atoms with Crippen LogP contribution in [0.25, 0.3) is 0 Å². The summed E-state index contributed by atoms with van der Waals surface area (Å²) in [6.07, 6.45) is 0.802. The Kier molecular flexibility index (Phi) is 12.4. The van der Waals surface area contributed by atoms with Crippen LogP contribution in [0.15, 0.2) is 60.7 Å². The van der Waals surface area contributed by atoms with E-state index in [9.17, 15) is 24.3 Å². The molecule has 0 aliphatic heterocycles. The second-order valence-corrected chi connectivity index (χ2v) is 9.34. The fraction of sp³-hybridized carbons (Fsp3) is 0.429. The third-order valence-electron chi connectivity index (χ3n) is 6.35. The van der Waals surface area contributed by atoms with Crippen molar-refractivity contribution in [2.75, 3.05) is 6.61 Å². The van der Waals surface area contributed by atoms with E-state index in [1.807, 2.05) is 50.2 Å². The molecule has 0 fully saturated rings. The van der Waals surface area contributed by atoms with E-state index in [2.05, 4.69) is 21.3 Å². The van der Waals surface area contributed by atoms with Crippen molar-refractivity contribution in [1.29, 1.82) is 0 Å². The van der Waals surface area contributed by atoms with Crippen LogP contribution in [-0.4, -0.2) is 59.5 Å². The molecule has 0 radical (unpaired) electrons. The first-order valence-corrected chi connectivity index (χ1v) is 12.8. The van der Waals surface area contributed by atoms with Crippen LogP contribution in [0, 0.1) is 5.92 Å². The Labute approximate surface area is 223 Å². The zero-order chi connectivity index (χ0) is 28.1. The van der Waals surface area contributed by atoms with Gasteiger partial charge < -0.3 is 32.1 Å². The highest BCUT2D eigenvalue weighted by molar-refractivity contribution is 5.94. The lowest BCUT2D eigenvalue weighted by Gasteiger charge is -2.25. The van der Waals surface area contributed by atoms with Gasteiger partial charge in [0, 0.05) is 13.0 Å². The standard InChI is InChI=1S/C28H39N5O5/c1-4-18(2)24(29)28(38)33-23(17-34)27(37)32-22(15-20-11-7-5-8-12-20)26(36)31-19(3)25(35)30-16-21-13-9-6-10-14-21/h5-14,18-19,22-24,34H,4,15-17,29H2,1-3H3,(H,30,35)(H,31,36)(H,32,37)(H,33,38)/t18-,19-,22-,23-,24-/m0/s1. The Bertz CT molecular complexity index is 1050. The molecular weight excluding hydrogens is 486 g/mol. The zero-order valence-electron chi connectivity index (χ0n) is 22.1. The second kappa shape index (κ2) is 15.5. The first-order chi connectivity index (χ1) is 18.2. The summed E-state index contributed by atoms with van der Waals surface area (Å²) in [6, 6.07) is 14.3. The van der Waals surface area contributed by atoms with Crippen LogP contribution >= 0.6 is 0 Å². The summed E-state index contributed by atoms with van der Waals surface area (Å²) in [6.45, 7) is 4.88. The van der Waals surface area contributed by atoms with Crippen molar-refractivity contribution in [2.45, 2.75) is 64.3 Å². The van der Waals surface area contributed by atoms with Gasteiger partial charge in [-0.15, -0.1) is 0 Å². The van der Waals surface area contributed by atoms with Crippen molar-refractivity contribution in [2.24, 2.45) is 11.7 Å². The van der Waals surface area contributed by atoms with Crippen LogP contribution in [-0.2, 0) is 32.1 Å². The maximum absolute atomic E-state index is 13.2. The van der Waals surface area contributed by atoms with E-state index >= 15 is 0 Å². The number of hydrogen-bond donors (Lipinski definition) is 6. The molecule has 206 valence electrons. The Hall–Kier alpha value is -3.76. The van der Waals surface area contributed by atoms with Gasteiger partial charge in [-0.1, -0.05) is 80.9 Å². The van der Waals surface area contributed by atoms with Crippen LogP contribution in [0.1, 0.15) is 38.3 Å². The molecule has 0 heterocycles. The van der Waals surface area contributed by atoms with Crippen molar-refractivity contribution in [3.8, 4) is 0 Å². The molecule has 0 spiro atoms. The summed E-state index contributed by atoms with van der Waals surface area (Å²) < 4.78 is 0. The summed E-state index contributed by atoms with van der Waals surface area (Å²) in [5.41, 5.74) is 7.63. The van der Waals surface area contributed by atoms with E-state index in [0.29, 0.717) is 13.0 Å². The third-order valence-corrected chi connectivity index (χ3v) is 6.35. The van der Waals surface area contributed by atoms with E-state index in [1.54, 1.807) is 31.2 Å². The average Bonchev–Trinajstić information content (AvgIpc) is 2.94. The Morgan fingerprint density at radius 3 is 1.84 bits per heavy atom. The van der Waals surface area contributed by atoms with Crippen LogP contribution in [0.2, 0.25) is 0 Å². The molecule has 2 aromatic carbocycles. The number of hydrogen-bond acceptors (Lipinski definition) is 6. The summed E-state index contributed by atoms with van der Waals surface area (Å²) in [4.78, 5) is 51.2. The first kappa shape index (κ1) is 30.5. The van der Waals surface area contributed by atoms with Gasteiger partial charge in [-0.05, 0) is 24.0 Å². The molecular formula is C28H39N5O5. The second-order valence-electron chi connectivity index (χ2n) is 9.34. The highest BCUT2D eigenvalue weighted by atomic mass is 16.3. The monoisotopic (exact) mass is 525 g/mol. The quantitative estimate of drug-likeness (QED) is 0.209. The minimum Gasteiger partial charge on any atom is -0.394 e. The van der Waals surface area contributed by atoms with Gasteiger partial charge in [0.1, 0.15) is 18.1 Å². The maximum Gasteiger partial charge on any atom is 0.245 e. The van der Waals surface area contributed by atoms with Crippen molar-refractivity contribution in [3.05, 3.63) is 71.8 Å². The maximum atomic E-state index is 13.2. The van der Waals surface area contributed by atoms with E-state index in [0.717, 1.165) is 11.1 Å². The lowest BCUT2D eigenvalue weighted by molar-refractivity contribution is -0.134. The van der Waals surface area contributed by atoms with E-state index in [-0.39, 0.29) is 18.2 Å². The number of aliphatic hydroxyl groups excluding tert-OH is 1. The predicted octanol–water partition coefficient (Wildman–Crippen LogP) is 0.386. The Morgan fingerprint density at radius 2 is 1.29 bits per heavy atom. The van der Waals surface area contributed by atoms with Gasteiger partial charge in [0.2, 0.25) is 23.6 Å². The summed E-state index contributed by atoms with van der Waals surface area (Å²) in [5.74, 6) is -2.39. The largest absolute Gasteiger partial charge is 0.394 e. The number of carbonyl (C=O) groups is 4. The summed E-state index contributed by atoms with van der Waals surface area (Å²) in [5, 5.41) is 20.3. The molecule has 5 atom stereocenters. The van der Waals surface area contributed by atoms with E-state index in [4.69, 9.17) is 5.73 Å². The number of aliphatic hydroxyl groups is 1. The molecule has 0 saturated carbocycles. The normalized spacial score (nSPS) is 14.8. The minimum absolute atomic E-state index is 0.122. The van der Waals surface area contributed by atoms with Gasteiger partial charge in [-0.2, -0.15) is 0 Å². The lowest BCUT2D eigenvalue weighted by Crippen LogP contribution is -2.59. The molecule has 2 aromatic rings. The number of rotatable bonds is 14. The minimum atomic E-state index is -1.30. The number of nitrogens with one attached hydrogen (secondary N) is 4. The molecule has 10 heteroatoms. The molecule has 10 nitrogen and oxygen atoms in total. The molecule has 0 aliphatic rings. The average molecular weight is 526 g/mol. The Balaban J connectivity index is 2.07. The smallest absolute Gasteiger partial charge is 0.245 e. The van der Waals surface area contributed by atoms with Crippen molar-refractivity contribution < 1.29 is 24.3 Å².